The third-order valence-corrected chi connectivity index (χ3v) is 8.87. The maximum Gasteiger partial charge on any atom is 0.312 e. The van der Waals surface area contributed by atoms with Crippen LogP contribution in [0.15, 0.2) is 11.6 Å². The van der Waals surface area contributed by atoms with Gasteiger partial charge in [0.1, 0.15) is 18.3 Å². The molecule has 0 aromatic carbocycles. The molecule has 1 spiro atoms. The first kappa shape index (κ1) is 27.6. The second-order valence-electron chi connectivity index (χ2n) is 11.2. The van der Waals surface area contributed by atoms with Crippen molar-refractivity contribution < 1.29 is 48.0 Å². The lowest BCUT2D eigenvalue weighted by Crippen LogP contribution is -2.69. The van der Waals surface area contributed by atoms with Crippen LogP contribution >= 0.6 is 0 Å². The molecular formula is C27H38O10. The minimum atomic E-state index is -1.94. The zero-order valence-electron chi connectivity index (χ0n) is 22.4. The van der Waals surface area contributed by atoms with E-state index in [0.29, 0.717) is 32.3 Å². The highest BCUT2D eigenvalue weighted by atomic mass is 16.6. The minimum absolute atomic E-state index is 0.144. The van der Waals surface area contributed by atoms with E-state index in [4.69, 9.17) is 23.7 Å². The van der Waals surface area contributed by atoms with Crippen molar-refractivity contribution in [3.05, 3.63) is 11.6 Å². The Labute approximate surface area is 217 Å². The van der Waals surface area contributed by atoms with Gasteiger partial charge in [-0.05, 0) is 45.6 Å². The van der Waals surface area contributed by atoms with Gasteiger partial charge in [0, 0.05) is 26.2 Å². The van der Waals surface area contributed by atoms with E-state index >= 15 is 0 Å². The fourth-order valence-electron chi connectivity index (χ4n) is 6.80. The third kappa shape index (κ3) is 4.56. The number of epoxide rings is 1. The molecule has 0 aromatic rings. The van der Waals surface area contributed by atoms with Crippen LogP contribution in [0.2, 0.25) is 0 Å². The van der Waals surface area contributed by atoms with Gasteiger partial charge >= 0.3 is 23.9 Å². The number of aliphatic hydroxyl groups is 1. The number of carbonyl (C=O) groups excluding carboxylic acids is 4. The Morgan fingerprint density at radius 2 is 1.73 bits per heavy atom. The van der Waals surface area contributed by atoms with Crippen molar-refractivity contribution in [3.8, 4) is 0 Å². The highest BCUT2D eigenvalue weighted by Crippen LogP contribution is 2.62. The van der Waals surface area contributed by atoms with E-state index in [1.165, 1.54) is 13.8 Å². The highest BCUT2D eigenvalue weighted by Gasteiger charge is 2.74. The largest absolute Gasteiger partial charge is 0.462 e. The number of rotatable bonds is 4. The lowest BCUT2D eigenvalue weighted by Gasteiger charge is -2.56. The van der Waals surface area contributed by atoms with Gasteiger partial charge in [-0.3, -0.25) is 19.2 Å². The van der Waals surface area contributed by atoms with E-state index in [-0.39, 0.29) is 6.42 Å². The van der Waals surface area contributed by atoms with E-state index < -0.39 is 76.7 Å². The molecule has 4 rings (SSSR count). The van der Waals surface area contributed by atoms with Crippen LogP contribution in [0.3, 0.4) is 0 Å². The Hall–Kier alpha value is -2.46. The molecule has 0 unspecified atom stereocenters. The first-order chi connectivity index (χ1) is 17.3. The van der Waals surface area contributed by atoms with Gasteiger partial charge in [0.15, 0.2) is 11.7 Å². The van der Waals surface area contributed by atoms with Gasteiger partial charge < -0.3 is 28.8 Å². The van der Waals surface area contributed by atoms with E-state index in [1.807, 2.05) is 13.8 Å². The van der Waals surface area contributed by atoms with Crippen molar-refractivity contribution in [2.24, 2.45) is 17.3 Å². The maximum atomic E-state index is 12.8. The average molecular weight is 523 g/mol. The molecule has 206 valence electrons. The van der Waals surface area contributed by atoms with Crippen molar-refractivity contribution in [1.29, 1.82) is 0 Å². The van der Waals surface area contributed by atoms with Crippen LogP contribution in [0, 0.1) is 17.3 Å². The molecule has 2 aliphatic heterocycles. The van der Waals surface area contributed by atoms with Crippen LogP contribution in [-0.4, -0.2) is 71.2 Å². The van der Waals surface area contributed by atoms with Crippen LogP contribution < -0.4 is 0 Å². The number of fused-ring (bicyclic) bond motifs is 3. The van der Waals surface area contributed by atoms with Crippen molar-refractivity contribution >= 4 is 23.9 Å². The van der Waals surface area contributed by atoms with E-state index in [1.54, 1.807) is 19.9 Å². The first-order valence-electron chi connectivity index (χ1n) is 13.1. The second kappa shape index (κ2) is 9.69. The Balaban J connectivity index is 1.99. The molecule has 2 heterocycles. The third-order valence-electron chi connectivity index (χ3n) is 8.87. The maximum absolute atomic E-state index is 12.8. The summed E-state index contributed by atoms with van der Waals surface area (Å²) in [7, 11) is 0. The number of carbonyl (C=O) groups is 4. The molecule has 0 amide bonds. The van der Waals surface area contributed by atoms with Crippen LogP contribution in [0.25, 0.3) is 0 Å². The summed E-state index contributed by atoms with van der Waals surface area (Å²) in [6.45, 7) is 9.81. The Morgan fingerprint density at radius 3 is 2.30 bits per heavy atom. The van der Waals surface area contributed by atoms with Gasteiger partial charge in [-0.15, -0.1) is 0 Å². The van der Waals surface area contributed by atoms with E-state index in [9.17, 15) is 24.3 Å². The molecule has 9 atom stereocenters. The summed E-state index contributed by atoms with van der Waals surface area (Å²) in [6.07, 6.45) is -0.246. The summed E-state index contributed by atoms with van der Waals surface area (Å²) in [4.78, 5) is 50.3. The fraction of sp³-hybridized carbons (Fsp3) is 0.778. The SMILES string of the molecule is CCC(=O)O[C@H]1CC/C(C)=C/[C@@H]2OC(=O)[C@H](C)[C@@]2(O)[C@H](OC(C)=O)[C@H]2[C@]3(CC[C@H](OC(C)=O)[C@]12C)CO3. The molecule has 1 N–H and O–H groups in total. The standard InChI is InChI=1S/C27H38O10/c1-7-21(30)36-18-9-8-14(2)12-20-27(32,15(3)24(31)37-20)23(35-17(5)29)22-25(18,6)19(34-16(4)28)10-11-26(22)13-33-26/h12,15,18-20,22-23,32H,7-11,13H2,1-6H3/b14-12+/t15-,18-,19-,20-,22+,23+,25-,26-,27-/m0/s1. The summed E-state index contributed by atoms with van der Waals surface area (Å²) >= 11 is 0. The molecule has 4 aliphatic rings. The average Bonchev–Trinajstić information content (AvgIpc) is 3.55. The molecule has 1 saturated carbocycles. The molecule has 2 saturated heterocycles. The number of hydrogen-bond donors (Lipinski definition) is 1. The van der Waals surface area contributed by atoms with Crippen LogP contribution in [0.4, 0.5) is 0 Å². The van der Waals surface area contributed by atoms with Crippen LogP contribution in [0.1, 0.15) is 73.6 Å². The Bertz CT molecular complexity index is 999. The van der Waals surface area contributed by atoms with Gasteiger partial charge in [-0.1, -0.05) is 19.4 Å². The van der Waals surface area contributed by atoms with Crippen molar-refractivity contribution in [2.45, 2.75) is 109 Å². The van der Waals surface area contributed by atoms with Gasteiger partial charge in [-0.25, -0.2) is 0 Å². The predicted octanol–water partition coefficient (Wildman–Crippen LogP) is 2.39. The molecule has 0 aromatic heterocycles. The molecular weight excluding hydrogens is 484 g/mol. The topological polar surface area (TPSA) is 138 Å². The lowest BCUT2D eigenvalue weighted by atomic mass is 9.52. The van der Waals surface area contributed by atoms with E-state index in [0.717, 1.165) is 5.57 Å². The number of ether oxygens (including phenoxy) is 5. The molecule has 0 radical (unpaired) electrons. The summed E-state index contributed by atoms with van der Waals surface area (Å²) in [6, 6.07) is 0. The summed E-state index contributed by atoms with van der Waals surface area (Å²) < 4.78 is 29.5. The summed E-state index contributed by atoms with van der Waals surface area (Å²) in [5, 5.41) is 12.4. The molecule has 10 heteroatoms. The Kier molecular flexibility index (Phi) is 7.22. The quantitative estimate of drug-likeness (QED) is 0.253. The molecule has 2 aliphatic carbocycles. The predicted molar refractivity (Wildman–Crippen MR) is 128 cm³/mol. The molecule has 10 nitrogen and oxygen atoms in total. The lowest BCUT2D eigenvalue weighted by molar-refractivity contribution is -0.242. The van der Waals surface area contributed by atoms with Crippen molar-refractivity contribution in [3.63, 3.8) is 0 Å². The number of esters is 4. The zero-order valence-corrected chi connectivity index (χ0v) is 22.4. The summed E-state index contributed by atoms with van der Waals surface area (Å²) in [5.41, 5.74) is -3.09. The van der Waals surface area contributed by atoms with Gasteiger partial charge in [0.2, 0.25) is 0 Å². The van der Waals surface area contributed by atoms with Crippen molar-refractivity contribution in [1.82, 2.24) is 0 Å². The number of allylic oxidation sites excluding steroid dienone is 1. The molecule has 0 bridgehead atoms. The Morgan fingerprint density at radius 1 is 1.11 bits per heavy atom. The first-order valence-corrected chi connectivity index (χ1v) is 13.1. The highest BCUT2D eigenvalue weighted by molar-refractivity contribution is 5.77. The molecule has 3 fully saturated rings. The number of hydrogen-bond acceptors (Lipinski definition) is 10. The normalized spacial score (nSPS) is 44.4. The minimum Gasteiger partial charge on any atom is -0.462 e. The zero-order chi connectivity index (χ0) is 27.3. The van der Waals surface area contributed by atoms with Gasteiger partial charge in [0.05, 0.1) is 23.5 Å². The smallest absolute Gasteiger partial charge is 0.312 e. The molecule has 37 heavy (non-hydrogen) atoms. The van der Waals surface area contributed by atoms with Crippen LogP contribution in [-0.2, 0) is 42.9 Å². The van der Waals surface area contributed by atoms with Gasteiger partial charge in [-0.2, -0.15) is 0 Å². The van der Waals surface area contributed by atoms with E-state index in [2.05, 4.69) is 0 Å². The van der Waals surface area contributed by atoms with Crippen molar-refractivity contribution in [2.75, 3.05) is 6.61 Å². The fourth-order valence-corrected chi connectivity index (χ4v) is 6.80. The second-order valence-corrected chi connectivity index (χ2v) is 11.2. The monoisotopic (exact) mass is 522 g/mol. The summed E-state index contributed by atoms with van der Waals surface area (Å²) in [5.74, 6) is -4.00. The van der Waals surface area contributed by atoms with Gasteiger partial charge in [0.25, 0.3) is 0 Å². The van der Waals surface area contributed by atoms with Crippen LogP contribution in [0.5, 0.6) is 0 Å².